The van der Waals surface area contributed by atoms with E-state index in [1.54, 1.807) is 0 Å². The van der Waals surface area contributed by atoms with Crippen molar-refractivity contribution < 1.29 is 8.78 Å². The van der Waals surface area contributed by atoms with Crippen LogP contribution in [-0.4, -0.2) is 0 Å². The van der Waals surface area contributed by atoms with Crippen LogP contribution in [-0.2, 0) is 6.42 Å². The van der Waals surface area contributed by atoms with Crippen LogP contribution in [0.4, 0.5) is 8.78 Å². The van der Waals surface area contributed by atoms with Gasteiger partial charge in [0.1, 0.15) is 11.6 Å². The standard InChI is InChI=1S/C10H5F2NS/c11-8-5-14-10-7(8)2-1-6(3-4-13)9(10)12/h1-2,5H,3H2. The Morgan fingerprint density at radius 3 is 2.86 bits per heavy atom. The summed E-state index contributed by atoms with van der Waals surface area (Å²) in [7, 11) is 0. The number of benzene rings is 1. The van der Waals surface area contributed by atoms with Crippen molar-refractivity contribution in [2.75, 3.05) is 0 Å². The molecular formula is C10H5F2NS. The lowest BCUT2D eigenvalue weighted by molar-refractivity contribution is 0.625. The lowest BCUT2D eigenvalue weighted by atomic mass is 10.1. The molecular weight excluding hydrogens is 204 g/mol. The van der Waals surface area contributed by atoms with Crippen LogP contribution in [0.5, 0.6) is 0 Å². The zero-order valence-electron chi connectivity index (χ0n) is 7.05. The first-order valence-electron chi connectivity index (χ1n) is 3.95. The van der Waals surface area contributed by atoms with Crippen molar-refractivity contribution in [3.05, 3.63) is 34.7 Å². The molecule has 2 aromatic rings. The molecule has 14 heavy (non-hydrogen) atoms. The van der Waals surface area contributed by atoms with Gasteiger partial charge in [-0.15, -0.1) is 11.3 Å². The summed E-state index contributed by atoms with van der Waals surface area (Å²) in [4.78, 5) is 0. The zero-order valence-corrected chi connectivity index (χ0v) is 7.87. The third-order valence-corrected chi connectivity index (χ3v) is 2.94. The zero-order chi connectivity index (χ0) is 10.1. The van der Waals surface area contributed by atoms with Crippen LogP contribution in [0.25, 0.3) is 10.1 Å². The summed E-state index contributed by atoms with van der Waals surface area (Å²) in [5, 5.41) is 9.99. The molecule has 0 aliphatic rings. The van der Waals surface area contributed by atoms with Gasteiger partial charge in [-0.3, -0.25) is 0 Å². The third-order valence-electron chi connectivity index (χ3n) is 1.98. The van der Waals surface area contributed by atoms with E-state index in [9.17, 15) is 8.78 Å². The predicted octanol–water partition coefficient (Wildman–Crippen LogP) is 3.25. The molecule has 0 amide bonds. The minimum absolute atomic E-state index is 0.0152. The van der Waals surface area contributed by atoms with Crippen molar-refractivity contribution in [3.8, 4) is 6.07 Å². The quantitative estimate of drug-likeness (QED) is 0.707. The Kier molecular flexibility index (Phi) is 2.18. The van der Waals surface area contributed by atoms with E-state index in [2.05, 4.69) is 0 Å². The summed E-state index contributed by atoms with van der Waals surface area (Å²) in [5.74, 6) is -0.884. The summed E-state index contributed by atoms with van der Waals surface area (Å²) in [6.07, 6.45) is 0.0152. The molecule has 0 spiro atoms. The maximum atomic E-state index is 13.6. The molecule has 0 saturated heterocycles. The highest BCUT2D eigenvalue weighted by Crippen LogP contribution is 2.29. The maximum absolute atomic E-state index is 13.6. The molecule has 0 fully saturated rings. The van der Waals surface area contributed by atoms with Gasteiger partial charge < -0.3 is 0 Å². The molecule has 0 bridgehead atoms. The van der Waals surface area contributed by atoms with Gasteiger partial charge >= 0.3 is 0 Å². The number of rotatable bonds is 1. The first kappa shape index (κ1) is 9.10. The number of hydrogen-bond donors (Lipinski definition) is 0. The first-order valence-corrected chi connectivity index (χ1v) is 4.83. The van der Waals surface area contributed by atoms with Gasteiger partial charge in [0.2, 0.25) is 0 Å². The molecule has 0 unspecified atom stereocenters. The van der Waals surface area contributed by atoms with E-state index in [-0.39, 0.29) is 16.5 Å². The van der Waals surface area contributed by atoms with Crippen molar-refractivity contribution in [2.24, 2.45) is 0 Å². The SMILES string of the molecule is N#CCc1ccc2c(F)csc2c1F. The largest absolute Gasteiger partial charge is 0.205 e. The van der Waals surface area contributed by atoms with Gasteiger partial charge in [0, 0.05) is 16.3 Å². The lowest BCUT2D eigenvalue weighted by Gasteiger charge is -1.98. The summed E-state index contributed by atoms with van der Waals surface area (Å²) >= 11 is 1.02. The number of hydrogen-bond acceptors (Lipinski definition) is 2. The van der Waals surface area contributed by atoms with Crippen molar-refractivity contribution >= 4 is 21.4 Å². The normalized spacial score (nSPS) is 10.4. The van der Waals surface area contributed by atoms with E-state index in [4.69, 9.17) is 5.26 Å². The van der Waals surface area contributed by atoms with Crippen molar-refractivity contribution in [1.29, 1.82) is 5.26 Å². The van der Waals surface area contributed by atoms with Crippen LogP contribution in [0.3, 0.4) is 0 Å². The Balaban J connectivity index is 2.71. The molecule has 1 heterocycles. The third kappa shape index (κ3) is 1.26. The highest BCUT2D eigenvalue weighted by Gasteiger charge is 2.11. The topological polar surface area (TPSA) is 23.8 Å². The molecule has 1 nitrogen and oxygen atoms in total. The maximum Gasteiger partial charge on any atom is 0.145 e. The van der Waals surface area contributed by atoms with Gasteiger partial charge in [0.05, 0.1) is 17.2 Å². The Bertz CT molecular complexity index is 525. The van der Waals surface area contributed by atoms with Crippen LogP contribution >= 0.6 is 11.3 Å². The molecule has 0 radical (unpaired) electrons. The fourth-order valence-corrected chi connectivity index (χ4v) is 2.17. The fraction of sp³-hybridized carbons (Fsp3) is 0.100. The summed E-state index contributed by atoms with van der Waals surface area (Å²) in [6.45, 7) is 0. The minimum Gasteiger partial charge on any atom is -0.205 e. The van der Waals surface area contributed by atoms with E-state index in [1.807, 2.05) is 6.07 Å². The fourth-order valence-electron chi connectivity index (χ4n) is 1.30. The smallest absolute Gasteiger partial charge is 0.145 e. The van der Waals surface area contributed by atoms with Gasteiger partial charge in [0.15, 0.2) is 0 Å². The van der Waals surface area contributed by atoms with E-state index < -0.39 is 11.6 Å². The average Bonchev–Trinajstić information content (AvgIpc) is 2.54. The number of fused-ring (bicyclic) bond motifs is 1. The monoisotopic (exact) mass is 209 g/mol. The second kappa shape index (κ2) is 3.35. The van der Waals surface area contributed by atoms with Crippen molar-refractivity contribution in [1.82, 2.24) is 0 Å². The van der Waals surface area contributed by atoms with Gasteiger partial charge in [-0.1, -0.05) is 12.1 Å². The molecule has 4 heteroatoms. The minimum atomic E-state index is -0.474. The van der Waals surface area contributed by atoms with E-state index in [0.29, 0.717) is 5.56 Å². The summed E-state index contributed by atoms with van der Waals surface area (Å²) in [5.41, 5.74) is 0.321. The van der Waals surface area contributed by atoms with Crippen LogP contribution in [0, 0.1) is 23.0 Å². The number of halogens is 2. The van der Waals surface area contributed by atoms with Crippen LogP contribution in [0.2, 0.25) is 0 Å². The average molecular weight is 209 g/mol. The van der Waals surface area contributed by atoms with Gasteiger partial charge in [0.25, 0.3) is 0 Å². The molecule has 1 aromatic heterocycles. The predicted molar refractivity (Wildman–Crippen MR) is 51.1 cm³/mol. The molecule has 0 N–H and O–H groups in total. The number of thiophene rings is 1. The Labute approximate surface area is 83.2 Å². The molecule has 0 saturated carbocycles. The molecule has 0 aliphatic carbocycles. The molecule has 1 aromatic carbocycles. The van der Waals surface area contributed by atoms with Gasteiger partial charge in [-0.25, -0.2) is 8.78 Å². The molecule has 0 aliphatic heterocycles. The van der Waals surface area contributed by atoms with Crippen molar-refractivity contribution in [2.45, 2.75) is 6.42 Å². The summed E-state index contributed by atoms with van der Waals surface area (Å²) < 4.78 is 26.9. The Morgan fingerprint density at radius 1 is 1.36 bits per heavy atom. The van der Waals surface area contributed by atoms with Crippen LogP contribution < -0.4 is 0 Å². The highest BCUT2D eigenvalue weighted by atomic mass is 32.1. The highest BCUT2D eigenvalue weighted by molar-refractivity contribution is 7.17. The molecule has 70 valence electrons. The van der Waals surface area contributed by atoms with E-state index in [0.717, 1.165) is 11.3 Å². The molecule has 2 rings (SSSR count). The lowest BCUT2D eigenvalue weighted by Crippen LogP contribution is -1.88. The second-order valence-corrected chi connectivity index (χ2v) is 3.71. The first-order chi connectivity index (χ1) is 6.74. The van der Waals surface area contributed by atoms with Gasteiger partial charge in [-0.2, -0.15) is 5.26 Å². The van der Waals surface area contributed by atoms with Gasteiger partial charge in [-0.05, 0) is 0 Å². The van der Waals surface area contributed by atoms with E-state index >= 15 is 0 Å². The number of nitrogens with zero attached hydrogens (tertiary/aromatic N) is 1. The Morgan fingerprint density at radius 2 is 2.14 bits per heavy atom. The van der Waals surface area contributed by atoms with Crippen molar-refractivity contribution in [3.63, 3.8) is 0 Å². The Hall–Kier alpha value is -1.47. The van der Waals surface area contributed by atoms with Crippen LogP contribution in [0.15, 0.2) is 17.5 Å². The number of nitriles is 1. The van der Waals surface area contributed by atoms with E-state index in [1.165, 1.54) is 17.5 Å². The summed E-state index contributed by atoms with van der Waals surface area (Å²) in [6, 6.07) is 4.83. The van der Waals surface area contributed by atoms with Crippen LogP contribution in [0.1, 0.15) is 5.56 Å². The second-order valence-electron chi connectivity index (χ2n) is 2.83. The molecule has 0 atom stereocenters.